The molecule has 0 atom stereocenters. The molecule has 0 N–H and O–H groups in total. The first-order valence-corrected chi connectivity index (χ1v) is 10.2. The first-order chi connectivity index (χ1) is 14.5. The highest BCUT2D eigenvalue weighted by Crippen LogP contribution is 2.35. The predicted octanol–water partition coefficient (Wildman–Crippen LogP) is 7.13. The summed E-state index contributed by atoms with van der Waals surface area (Å²) >= 11 is 6.38. The summed E-state index contributed by atoms with van der Waals surface area (Å²) in [6.45, 7) is 6.13. The van der Waals surface area contributed by atoms with E-state index in [9.17, 15) is 8.78 Å². The number of pyridine rings is 1. The maximum atomic E-state index is 14.5. The number of halogens is 3. The van der Waals surface area contributed by atoms with E-state index in [0.717, 1.165) is 35.1 Å². The number of hydrogen-bond acceptors (Lipinski definition) is 2. The van der Waals surface area contributed by atoms with Crippen molar-refractivity contribution in [2.45, 2.75) is 26.2 Å². The van der Waals surface area contributed by atoms with Crippen molar-refractivity contribution < 1.29 is 13.5 Å². The van der Waals surface area contributed by atoms with E-state index in [4.69, 9.17) is 16.3 Å². The van der Waals surface area contributed by atoms with Crippen molar-refractivity contribution >= 4 is 17.7 Å². The van der Waals surface area contributed by atoms with Crippen LogP contribution < -0.4 is 0 Å². The zero-order valence-corrected chi connectivity index (χ0v) is 17.9. The molecule has 0 fully saturated rings. The van der Waals surface area contributed by atoms with E-state index in [1.807, 2.05) is 24.3 Å². The summed E-state index contributed by atoms with van der Waals surface area (Å²) in [7, 11) is 1.67. The Labute approximate surface area is 181 Å². The largest absolute Gasteiger partial charge is 0.385 e. The Hall–Kier alpha value is -2.56. The smallest absolute Gasteiger partial charge is 0.129 e. The molecule has 1 heterocycles. The molecule has 3 rings (SSSR count). The fraction of sp³-hybridized carbons (Fsp3) is 0.240. The number of rotatable bonds is 8. The van der Waals surface area contributed by atoms with Gasteiger partial charge in [-0.3, -0.25) is 4.98 Å². The highest BCUT2D eigenvalue weighted by atomic mass is 35.5. The van der Waals surface area contributed by atoms with Gasteiger partial charge in [0.15, 0.2) is 0 Å². The second-order valence-corrected chi connectivity index (χ2v) is 7.46. The quantitative estimate of drug-likeness (QED) is 0.356. The molecule has 2 aromatic carbocycles. The molecule has 0 aliphatic rings. The molecule has 0 bridgehead atoms. The summed E-state index contributed by atoms with van der Waals surface area (Å²) in [4.78, 5) is 4.58. The molecular formula is C25H24ClF2NO. The molecule has 0 amide bonds. The van der Waals surface area contributed by atoms with Gasteiger partial charge in [-0.05, 0) is 60.2 Å². The number of aromatic nitrogens is 1. The van der Waals surface area contributed by atoms with Crippen LogP contribution in [0.3, 0.4) is 0 Å². The Morgan fingerprint density at radius 2 is 1.83 bits per heavy atom. The van der Waals surface area contributed by atoms with E-state index in [1.54, 1.807) is 26.3 Å². The third-order valence-electron chi connectivity index (χ3n) is 5.06. The van der Waals surface area contributed by atoms with Gasteiger partial charge in [0.25, 0.3) is 0 Å². The number of ether oxygens (including phenoxy) is 1. The summed E-state index contributed by atoms with van der Waals surface area (Å²) in [5.74, 6) is -1.13. The summed E-state index contributed by atoms with van der Waals surface area (Å²) in [5, 5.41) is 0.553. The molecular weight excluding hydrogens is 404 g/mol. The van der Waals surface area contributed by atoms with Crippen molar-refractivity contribution in [1.82, 2.24) is 4.98 Å². The lowest BCUT2D eigenvalue weighted by atomic mass is 9.95. The molecule has 3 aromatic rings. The van der Waals surface area contributed by atoms with Gasteiger partial charge in [-0.25, -0.2) is 8.78 Å². The number of methoxy groups -OCH3 is 1. The minimum Gasteiger partial charge on any atom is -0.385 e. The van der Waals surface area contributed by atoms with Crippen LogP contribution in [0.4, 0.5) is 8.78 Å². The van der Waals surface area contributed by atoms with E-state index in [1.165, 1.54) is 12.1 Å². The summed E-state index contributed by atoms with van der Waals surface area (Å²) in [6.07, 6.45) is 5.35. The lowest BCUT2D eigenvalue weighted by Crippen LogP contribution is -1.99. The Kier molecular flexibility index (Phi) is 7.35. The Bertz CT molecular complexity index is 1040. The van der Waals surface area contributed by atoms with Gasteiger partial charge in [0.2, 0.25) is 0 Å². The monoisotopic (exact) mass is 427 g/mol. The average molecular weight is 428 g/mol. The molecule has 0 spiro atoms. The number of hydrogen-bond donors (Lipinski definition) is 0. The maximum Gasteiger partial charge on any atom is 0.129 e. The highest BCUT2D eigenvalue weighted by Gasteiger charge is 2.16. The zero-order chi connectivity index (χ0) is 21.7. The Morgan fingerprint density at radius 3 is 2.43 bits per heavy atom. The van der Waals surface area contributed by atoms with E-state index in [2.05, 4.69) is 11.6 Å². The Morgan fingerprint density at radius 1 is 1.10 bits per heavy atom. The summed E-state index contributed by atoms with van der Waals surface area (Å²) in [6, 6.07) is 10.3. The first kappa shape index (κ1) is 22.1. The molecule has 0 aliphatic carbocycles. The zero-order valence-electron chi connectivity index (χ0n) is 17.1. The number of aryl methyl sites for hydroxylation is 1. The van der Waals surface area contributed by atoms with Crippen molar-refractivity contribution in [3.05, 3.63) is 82.5 Å². The van der Waals surface area contributed by atoms with E-state index < -0.39 is 11.6 Å². The standard InChI is InChI=1S/C25H24ClF2NO/c1-4-17-8-9-18(12-22(17)26)21-11-16(7-6-10-30-3)15-29-25(21)19-13-23(27)20(5-2)24(28)14-19/h4,8-9,11-15H,1,5-7,10H2,2-3H3. The predicted molar refractivity (Wildman–Crippen MR) is 120 cm³/mol. The van der Waals surface area contributed by atoms with E-state index >= 15 is 0 Å². The van der Waals surface area contributed by atoms with Crippen LogP contribution in [0.1, 0.15) is 30.0 Å². The lowest BCUT2D eigenvalue weighted by molar-refractivity contribution is 0.195. The fourth-order valence-corrected chi connectivity index (χ4v) is 3.71. The minimum absolute atomic E-state index is 0.0786. The van der Waals surface area contributed by atoms with Gasteiger partial charge in [0.05, 0.1) is 5.69 Å². The molecule has 0 radical (unpaired) electrons. The van der Waals surface area contributed by atoms with Crippen molar-refractivity contribution in [3.63, 3.8) is 0 Å². The molecule has 30 heavy (non-hydrogen) atoms. The number of nitrogens with zero attached hydrogens (tertiary/aromatic N) is 1. The summed E-state index contributed by atoms with van der Waals surface area (Å²) in [5.41, 5.74) is 4.40. The number of benzene rings is 2. The molecule has 1 aromatic heterocycles. The van der Waals surface area contributed by atoms with Gasteiger partial charge in [0.1, 0.15) is 11.6 Å². The van der Waals surface area contributed by atoms with Gasteiger partial charge in [-0.1, -0.05) is 43.3 Å². The third kappa shape index (κ3) is 4.77. The molecule has 2 nitrogen and oxygen atoms in total. The van der Waals surface area contributed by atoms with Crippen LogP contribution in [0.5, 0.6) is 0 Å². The van der Waals surface area contributed by atoms with Crippen LogP contribution in [0.15, 0.2) is 49.2 Å². The average Bonchev–Trinajstić information content (AvgIpc) is 2.73. The van der Waals surface area contributed by atoms with Crippen LogP contribution in [-0.2, 0) is 17.6 Å². The minimum atomic E-state index is -0.565. The van der Waals surface area contributed by atoms with Gasteiger partial charge in [0, 0.05) is 41.6 Å². The van der Waals surface area contributed by atoms with Gasteiger partial charge in [-0.15, -0.1) is 0 Å². The van der Waals surface area contributed by atoms with Gasteiger partial charge in [-0.2, -0.15) is 0 Å². The van der Waals surface area contributed by atoms with Crippen LogP contribution in [0.2, 0.25) is 5.02 Å². The van der Waals surface area contributed by atoms with Crippen molar-refractivity contribution in [3.8, 4) is 22.4 Å². The van der Waals surface area contributed by atoms with Crippen LogP contribution >= 0.6 is 11.6 Å². The van der Waals surface area contributed by atoms with Crippen LogP contribution in [0, 0.1) is 11.6 Å². The molecule has 156 valence electrons. The van der Waals surface area contributed by atoms with Crippen LogP contribution in [0.25, 0.3) is 28.5 Å². The van der Waals surface area contributed by atoms with Crippen molar-refractivity contribution in [2.24, 2.45) is 0 Å². The SMILES string of the molecule is C=Cc1ccc(-c2cc(CCCOC)cnc2-c2cc(F)c(CC)c(F)c2)cc1Cl. The van der Waals surface area contributed by atoms with E-state index in [0.29, 0.717) is 22.9 Å². The molecule has 0 saturated carbocycles. The van der Waals surface area contributed by atoms with Crippen molar-refractivity contribution in [2.75, 3.05) is 13.7 Å². The Balaban J connectivity index is 2.15. The molecule has 0 unspecified atom stereocenters. The molecule has 0 aliphatic heterocycles. The third-order valence-corrected chi connectivity index (χ3v) is 5.38. The van der Waals surface area contributed by atoms with Gasteiger partial charge >= 0.3 is 0 Å². The van der Waals surface area contributed by atoms with E-state index in [-0.39, 0.29) is 12.0 Å². The lowest BCUT2D eigenvalue weighted by Gasteiger charge is -2.14. The fourth-order valence-electron chi connectivity index (χ4n) is 3.45. The summed E-state index contributed by atoms with van der Waals surface area (Å²) < 4.78 is 34.1. The van der Waals surface area contributed by atoms with Crippen LogP contribution in [-0.4, -0.2) is 18.7 Å². The van der Waals surface area contributed by atoms with Gasteiger partial charge < -0.3 is 4.74 Å². The second kappa shape index (κ2) is 9.96. The molecule has 5 heteroatoms. The molecule has 0 saturated heterocycles. The van der Waals surface area contributed by atoms with Crippen molar-refractivity contribution in [1.29, 1.82) is 0 Å². The second-order valence-electron chi connectivity index (χ2n) is 7.05. The topological polar surface area (TPSA) is 22.1 Å². The first-order valence-electron chi connectivity index (χ1n) is 9.87. The highest BCUT2D eigenvalue weighted by molar-refractivity contribution is 6.32. The normalized spacial score (nSPS) is 11.0. The maximum absolute atomic E-state index is 14.5.